The van der Waals surface area contributed by atoms with Gasteiger partial charge >= 0.3 is 59.7 Å². The van der Waals surface area contributed by atoms with Gasteiger partial charge in [-0.25, -0.2) is 4.79 Å². The summed E-state index contributed by atoms with van der Waals surface area (Å²) in [6.45, 7) is 33.7. The lowest BCUT2D eigenvalue weighted by Crippen LogP contribution is -2.27. The molecule has 0 aromatic heterocycles. The summed E-state index contributed by atoms with van der Waals surface area (Å²) in [4.78, 5) is 137. The summed E-state index contributed by atoms with van der Waals surface area (Å²) in [6, 6.07) is 0. The van der Waals surface area contributed by atoms with E-state index in [0.29, 0.717) is 90.3 Å². The molecule has 648 valence electrons. The Labute approximate surface area is 665 Å². The minimum Gasteiger partial charge on any atom is -0.481 e. The van der Waals surface area contributed by atoms with Crippen LogP contribution in [0, 0.1) is 16.7 Å². The third kappa shape index (κ3) is 91.9. The minimum atomic E-state index is -1.10. The van der Waals surface area contributed by atoms with Crippen LogP contribution in [0.3, 0.4) is 0 Å². The Balaban J connectivity index is -0.000000239. The number of esters is 7. The molecule has 0 aliphatic heterocycles. The lowest BCUT2D eigenvalue weighted by atomic mass is 9.91. The molecule has 1 atom stereocenters. The number of unbranched alkanes of at least 4 members (excludes halogenated alkanes) is 15. The highest BCUT2D eigenvalue weighted by Gasteiger charge is 2.28. The Morgan fingerprint density at radius 3 is 1.07 bits per heavy atom. The number of carbonyl (C=O) groups is 12. The molecule has 0 saturated carbocycles. The largest absolute Gasteiger partial charge is 0.481 e. The molecule has 0 bridgehead atoms. The molecule has 0 rings (SSSR count). The monoisotopic (exact) mass is 1580 g/mol. The van der Waals surface area contributed by atoms with Crippen molar-refractivity contribution in [2.75, 3.05) is 101 Å². The molecule has 110 heavy (non-hydrogen) atoms. The smallest absolute Gasteiger partial charge is 0.328 e. The normalized spacial score (nSPS) is 10.8. The van der Waals surface area contributed by atoms with E-state index >= 15 is 0 Å². The number of hydrogen-bond donors (Lipinski definition) is 5. The van der Waals surface area contributed by atoms with Crippen LogP contribution in [0.15, 0.2) is 12.2 Å². The summed E-state index contributed by atoms with van der Waals surface area (Å²) >= 11 is 0. The van der Waals surface area contributed by atoms with E-state index in [4.69, 9.17) is 48.5 Å². The van der Waals surface area contributed by atoms with Crippen molar-refractivity contribution in [3.8, 4) is 0 Å². The predicted molar refractivity (Wildman–Crippen MR) is 435 cm³/mol. The molecule has 5 N–H and O–H groups in total. The maximum Gasteiger partial charge on any atom is 0.328 e. The average molecular weight is 1580 g/mol. The molecule has 0 radical (unpaired) electrons. The molecule has 26 nitrogen and oxygen atoms in total. The van der Waals surface area contributed by atoms with Gasteiger partial charge in [-0.1, -0.05) is 140 Å². The summed E-state index contributed by atoms with van der Waals surface area (Å²) in [6.07, 6.45) is 33.2. The van der Waals surface area contributed by atoms with Gasteiger partial charge in [0.05, 0.1) is 56.7 Å². The van der Waals surface area contributed by atoms with Crippen molar-refractivity contribution in [2.24, 2.45) is 16.7 Å². The lowest BCUT2D eigenvalue weighted by molar-refractivity contribution is -0.159. The molecule has 0 heterocycles. The van der Waals surface area contributed by atoms with Crippen molar-refractivity contribution in [2.45, 2.75) is 341 Å². The summed E-state index contributed by atoms with van der Waals surface area (Å²) in [7, 11) is 7.42. The number of hydrogen-bond acceptors (Lipinski definition) is 21. The lowest BCUT2D eigenvalue weighted by Gasteiger charge is -2.20. The van der Waals surface area contributed by atoms with Gasteiger partial charge in [0.2, 0.25) is 11.8 Å². The van der Waals surface area contributed by atoms with E-state index in [1.54, 1.807) is 25.8 Å². The van der Waals surface area contributed by atoms with Gasteiger partial charge < -0.3 is 68.9 Å². The summed E-state index contributed by atoms with van der Waals surface area (Å²) in [5.41, 5.74) is -1.03. The van der Waals surface area contributed by atoms with Crippen LogP contribution in [-0.2, 0) is 90.7 Å². The molecular weight excluding hydrogens is 1420 g/mol. The standard InChI is InChI=1S/C24H44O6.C18H35NO3.C14H26O4.C12H20O6.C8H13NO3.2C4H11N/c1-6-9-14-20(7-2)19-30-22(26)15-11-10-12-17-28-21(25)16-13-18-29-23(27)24(4,5)8-3;1-4-6-7-8-11-14-18(21)22-16-12-9-10-13-17(20)19(3)15-5-2;1-2-3-4-5-8-11-14(17)18-12-9-6-7-10-13(15)16;1-4-12(2,3)11(16)18-8-7-17-10(15)6-5-9(13)14;1-3-6-9(2)7(10)4-5-8(11)12;2*1-3-4-5-2/h20H,6-19H2,1-5H3;4-16H2,1-3H3;2-12H2,1H3,(H,15,16);4-8H2,1-3H3,(H,13,14);4-5H,3,6H2,1-2H3,(H,11,12);2*5H,3-4H2,1-2H3. The highest BCUT2D eigenvalue weighted by atomic mass is 16.6. The topological polar surface area (TPSA) is 361 Å². The zero-order chi connectivity index (χ0) is 85.1. The van der Waals surface area contributed by atoms with Crippen molar-refractivity contribution in [3.05, 3.63) is 12.2 Å². The van der Waals surface area contributed by atoms with Crippen LogP contribution < -0.4 is 10.6 Å². The highest BCUT2D eigenvalue weighted by Crippen LogP contribution is 2.23. The Hall–Kier alpha value is -6.70. The number of nitrogens with zero attached hydrogens (tertiary/aromatic N) is 2. The van der Waals surface area contributed by atoms with Gasteiger partial charge in [0.15, 0.2) is 0 Å². The van der Waals surface area contributed by atoms with Gasteiger partial charge in [-0.15, -0.1) is 0 Å². The van der Waals surface area contributed by atoms with Crippen LogP contribution in [0.25, 0.3) is 0 Å². The van der Waals surface area contributed by atoms with Crippen molar-refractivity contribution in [1.82, 2.24) is 20.4 Å². The highest BCUT2D eigenvalue weighted by molar-refractivity contribution is 5.93. The molecule has 0 fully saturated rings. The van der Waals surface area contributed by atoms with Crippen LogP contribution in [0.4, 0.5) is 0 Å². The average Bonchev–Trinajstić information content (AvgIpc) is 0.912. The Kier molecular flexibility index (Phi) is 91.4. The number of amides is 2. The molecule has 0 spiro atoms. The first-order chi connectivity index (χ1) is 52.2. The molecule has 0 aromatic rings. The first-order valence-corrected chi connectivity index (χ1v) is 41.5. The van der Waals surface area contributed by atoms with E-state index in [-0.39, 0.29) is 93.1 Å². The van der Waals surface area contributed by atoms with Gasteiger partial charge in [-0.3, -0.25) is 52.7 Å². The summed E-state index contributed by atoms with van der Waals surface area (Å²) in [5.74, 6) is -4.31. The maximum absolute atomic E-state index is 11.8. The van der Waals surface area contributed by atoms with Crippen LogP contribution >= 0.6 is 0 Å². The maximum atomic E-state index is 11.8. The second-order valence-electron chi connectivity index (χ2n) is 28.3. The quantitative estimate of drug-likeness (QED) is 0.0163. The van der Waals surface area contributed by atoms with Gasteiger partial charge in [0.25, 0.3) is 0 Å². The first kappa shape index (κ1) is 117. The molecule has 1 unspecified atom stereocenters. The van der Waals surface area contributed by atoms with Crippen molar-refractivity contribution in [3.63, 3.8) is 0 Å². The Morgan fingerprint density at radius 1 is 0.355 bits per heavy atom. The van der Waals surface area contributed by atoms with E-state index in [9.17, 15) is 57.5 Å². The third-order valence-corrected chi connectivity index (χ3v) is 16.9. The van der Waals surface area contributed by atoms with E-state index in [1.807, 2.05) is 55.8 Å². The fourth-order valence-electron chi connectivity index (χ4n) is 8.86. The number of carboxylic acid groups (broad SMARTS) is 3. The molecular formula is C84H160N4O22. The van der Waals surface area contributed by atoms with Gasteiger partial charge in [0.1, 0.15) is 13.2 Å². The second-order valence-corrected chi connectivity index (χ2v) is 28.3. The molecule has 0 saturated heterocycles. The van der Waals surface area contributed by atoms with Crippen LogP contribution in [0.1, 0.15) is 341 Å². The number of rotatable bonds is 60. The molecule has 0 aliphatic rings. The molecule has 0 aromatic carbocycles. The minimum absolute atomic E-state index is 0.0128. The zero-order valence-electron chi connectivity index (χ0n) is 72.4. The van der Waals surface area contributed by atoms with Crippen molar-refractivity contribution >= 4 is 71.5 Å². The Bertz CT molecular complexity index is 2310. The van der Waals surface area contributed by atoms with Crippen molar-refractivity contribution < 1.29 is 106 Å². The fraction of sp³-hybridized carbons (Fsp3) is 0.833. The van der Waals surface area contributed by atoms with E-state index in [1.165, 1.54) is 69.1 Å². The number of ether oxygens (including phenoxy) is 7. The van der Waals surface area contributed by atoms with E-state index in [0.717, 1.165) is 135 Å². The first-order valence-electron chi connectivity index (χ1n) is 41.5. The SMILES string of the molecule is CCC(C)(C)C(=O)OCCOC(=O)CCC(=O)O.CCCCC(CC)COC(=O)CCCCCOC(=O)CCCOC(=O)C(C)(C)CC.CCCCCCCC(=O)OCCCCCC(=O)N(C)CCC.CCCCCCCC(=O)OCCCCCC(=O)O.CCCN(C)C(=O)C=CC(=O)O.CCCNC.CCCNC. The van der Waals surface area contributed by atoms with Crippen LogP contribution in [0.5, 0.6) is 0 Å². The zero-order valence-corrected chi connectivity index (χ0v) is 72.4. The molecule has 26 heteroatoms. The van der Waals surface area contributed by atoms with E-state index in [2.05, 4.69) is 59.1 Å². The number of nitrogens with one attached hydrogen (secondary N) is 2. The third-order valence-electron chi connectivity index (χ3n) is 16.9. The summed E-state index contributed by atoms with van der Waals surface area (Å²) in [5, 5.41) is 31.0. The van der Waals surface area contributed by atoms with Crippen LogP contribution in [0.2, 0.25) is 0 Å². The molecule has 2 amide bonds. The summed E-state index contributed by atoms with van der Waals surface area (Å²) < 4.78 is 35.7. The number of carbonyl (C=O) groups excluding carboxylic acids is 9. The number of likely N-dealkylation sites (N-methyl/N-ethyl adjacent to an activating group) is 1. The van der Waals surface area contributed by atoms with Gasteiger partial charge in [-0.2, -0.15) is 0 Å². The van der Waals surface area contributed by atoms with Gasteiger partial charge in [-0.05, 0) is 183 Å². The Morgan fingerprint density at radius 2 is 0.700 bits per heavy atom. The van der Waals surface area contributed by atoms with Gasteiger partial charge in [0, 0.05) is 77.9 Å². The van der Waals surface area contributed by atoms with Crippen LogP contribution in [-0.4, -0.2) is 197 Å². The number of aliphatic carboxylic acids is 3. The second kappa shape index (κ2) is 86.3. The number of carboxylic acids is 3. The van der Waals surface area contributed by atoms with E-state index < -0.39 is 34.7 Å². The molecule has 0 aliphatic carbocycles. The fourth-order valence-corrected chi connectivity index (χ4v) is 8.86. The predicted octanol–water partition coefficient (Wildman–Crippen LogP) is 16.6. The van der Waals surface area contributed by atoms with Crippen molar-refractivity contribution in [1.29, 1.82) is 0 Å².